The number of hydroxylamine groups is 1. The summed E-state index contributed by atoms with van der Waals surface area (Å²) in [6.45, 7) is -0.475. The van der Waals surface area contributed by atoms with Gasteiger partial charge in [0.15, 0.2) is 0 Å². The fourth-order valence-electron chi connectivity index (χ4n) is 5.61. The van der Waals surface area contributed by atoms with Crippen LogP contribution in [0, 0.1) is 28.4 Å². The van der Waals surface area contributed by atoms with Gasteiger partial charge in [-0.15, -0.1) is 0 Å². The second-order valence-electron chi connectivity index (χ2n) is 8.73. The van der Waals surface area contributed by atoms with Crippen molar-refractivity contribution in [1.29, 1.82) is 0 Å². The number of hydrogen-bond acceptors (Lipinski definition) is 5. The van der Waals surface area contributed by atoms with Crippen LogP contribution in [0.15, 0.2) is 0 Å². The first-order chi connectivity index (χ1) is 13.0. The van der Waals surface area contributed by atoms with Gasteiger partial charge in [-0.1, -0.05) is 12.8 Å². The van der Waals surface area contributed by atoms with Crippen molar-refractivity contribution in [1.82, 2.24) is 4.47 Å². The van der Waals surface area contributed by atoms with E-state index in [4.69, 9.17) is 4.74 Å². The van der Waals surface area contributed by atoms with E-state index < -0.39 is 26.5 Å². The van der Waals surface area contributed by atoms with E-state index in [-0.39, 0.29) is 24.4 Å². The summed E-state index contributed by atoms with van der Waals surface area (Å²) in [6.07, 6.45) is 8.05. The molecule has 0 N–H and O–H groups in total. The average Bonchev–Trinajstić information content (AvgIpc) is 2.58. The van der Waals surface area contributed by atoms with Crippen LogP contribution in [-0.4, -0.2) is 37.5 Å². The summed E-state index contributed by atoms with van der Waals surface area (Å²) in [5, 5.41) is 11.1. The largest absolute Gasteiger partial charge is 0.772 e. The maximum absolute atomic E-state index is 12.6. The molecule has 28 heavy (non-hydrogen) atoms. The Kier molecular flexibility index (Phi) is 6.32. The summed E-state index contributed by atoms with van der Waals surface area (Å²) in [6, 6.07) is 0. The van der Waals surface area contributed by atoms with Crippen molar-refractivity contribution in [2.75, 3.05) is 13.2 Å². The molecule has 4 aliphatic rings. The van der Waals surface area contributed by atoms with Gasteiger partial charge in [-0.05, 0) is 69.1 Å². The zero-order valence-electron chi connectivity index (χ0n) is 15.7. The number of nitrogens with zero attached hydrogens (tertiary/aromatic N) is 1. The molecule has 4 aliphatic carbocycles. The summed E-state index contributed by atoms with van der Waals surface area (Å²) in [5.74, 6) is 1.86. The summed E-state index contributed by atoms with van der Waals surface area (Å²) < 4.78 is 63.0. The van der Waals surface area contributed by atoms with Gasteiger partial charge in [-0.25, -0.2) is 8.42 Å². The minimum Gasteiger partial charge on any atom is -0.772 e. The third-order valence-corrected chi connectivity index (χ3v) is 7.80. The zero-order chi connectivity index (χ0) is 20.6. The molecule has 0 aromatic carbocycles. The second kappa shape index (κ2) is 8.10. The van der Waals surface area contributed by atoms with Crippen molar-refractivity contribution < 1.29 is 31.1 Å². The number of unbranched alkanes of at least 4 members (excludes halogenated alkanes) is 3. The first-order valence-corrected chi connectivity index (χ1v) is 11.4. The molecule has 0 radical (unpaired) electrons. The third-order valence-electron chi connectivity index (χ3n) is 6.50. The molecule has 162 valence electrons. The van der Waals surface area contributed by atoms with Gasteiger partial charge in [0.1, 0.15) is 0 Å². The molecule has 0 spiro atoms. The molecule has 0 aromatic heterocycles. The Balaban J connectivity index is 1.31. The lowest BCUT2D eigenvalue weighted by atomic mass is 9.49. The molecule has 0 saturated heterocycles. The summed E-state index contributed by atoms with van der Waals surface area (Å²) in [7, 11) is -5.80. The molecular formula is C18H27F3NO5S-. The van der Waals surface area contributed by atoms with Gasteiger partial charge >= 0.3 is 21.5 Å². The highest BCUT2D eigenvalue weighted by atomic mass is 32.2. The average molecular weight is 426 g/mol. The van der Waals surface area contributed by atoms with E-state index in [1.165, 1.54) is 19.3 Å². The first kappa shape index (κ1) is 21.8. The van der Waals surface area contributed by atoms with Crippen LogP contribution >= 0.6 is 0 Å². The van der Waals surface area contributed by atoms with Gasteiger partial charge < -0.3 is 9.94 Å². The van der Waals surface area contributed by atoms with Gasteiger partial charge in [0, 0.05) is 6.54 Å². The number of carbonyl (C=O) groups is 1. The number of sulfonamides is 1. The summed E-state index contributed by atoms with van der Waals surface area (Å²) >= 11 is 0. The Morgan fingerprint density at radius 1 is 1.00 bits per heavy atom. The van der Waals surface area contributed by atoms with E-state index in [9.17, 15) is 31.6 Å². The molecule has 4 fully saturated rings. The maximum atomic E-state index is 12.6. The molecule has 0 heterocycles. The van der Waals surface area contributed by atoms with Crippen molar-refractivity contribution in [3.63, 3.8) is 0 Å². The molecule has 0 aromatic rings. The smallest absolute Gasteiger partial charge is 0.510 e. The maximum Gasteiger partial charge on any atom is 0.510 e. The van der Waals surface area contributed by atoms with E-state index in [2.05, 4.69) is 0 Å². The van der Waals surface area contributed by atoms with Gasteiger partial charge in [-0.3, -0.25) is 9.26 Å². The van der Waals surface area contributed by atoms with E-state index in [1.54, 1.807) is 0 Å². The van der Waals surface area contributed by atoms with Crippen molar-refractivity contribution in [2.45, 2.75) is 69.7 Å². The predicted molar refractivity (Wildman–Crippen MR) is 95.1 cm³/mol. The Morgan fingerprint density at radius 2 is 1.50 bits per heavy atom. The fraction of sp³-hybridized carbons (Fsp3) is 0.944. The number of hydrogen-bond donors (Lipinski definition) is 0. The Bertz CT molecular complexity index is 644. The SMILES string of the molecule is O=C(OCCCCCCN([O-])S(=O)(=O)C(F)(F)F)C12CC3CC(CC(C3)C1)C2. The zero-order valence-corrected chi connectivity index (χ0v) is 16.6. The molecule has 0 unspecified atom stereocenters. The number of alkyl halides is 3. The van der Waals surface area contributed by atoms with Crippen molar-refractivity contribution >= 4 is 16.0 Å². The molecule has 4 bridgehead atoms. The van der Waals surface area contributed by atoms with E-state index in [1.807, 2.05) is 0 Å². The number of rotatable bonds is 9. The lowest BCUT2D eigenvalue weighted by molar-refractivity contribution is -0.171. The predicted octanol–water partition coefficient (Wildman–Crippen LogP) is 3.96. The van der Waals surface area contributed by atoms with E-state index in [0.717, 1.165) is 19.3 Å². The second-order valence-corrected chi connectivity index (χ2v) is 10.5. The molecule has 0 amide bonds. The quantitative estimate of drug-likeness (QED) is 0.316. The van der Waals surface area contributed by atoms with Crippen LogP contribution in [-0.2, 0) is 19.6 Å². The van der Waals surface area contributed by atoms with Crippen LogP contribution in [0.25, 0.3) is 0 Å². The lowest BCUT2D eigenvalue weighted by Crippen LogP contribution is -2.50. The summed E-state index contributed by atoms with van der Waals surface area (Å²) in [4.78, 5) is 12.6. The molecule has 0 atom stereocenters. The van der Waals surface area contributed by atoms with Gasteiger partial charge in [0.2, 0.25) is 0 Å². The number of carbonyl (C=O) groups excluding carboxylic acids is 1. The van der Waals surface area contributed by atoms with Crippen LogP contribution in [0.3, 0.4) is 0 Å². The fourth-order valence-corrected chi connectivity index (χ4v) is 6.21. The van der Waals surface area contributed by atoms with Crippen LogP contribution in [0.1, 0.15) is 64.2 Å². The molecule has 6 nitrogen and oxygen atoms in total. The minimum atomic E-state index is -5.80. The molecule has 4 saturated carbocycles. The van der Waals surface area contributed by atoms with E-state index >= 15 is 0 Å². The monoisotopic (exact) mass is 426 g/mol. The van der Waals surface area contributed by atoms with Crippen LogP contribution in [0.2, 0.25) is 0 Å². The van der Waals surface area contributed by atoms with Crippen molar-refractivity contribution in [2.24, 2.45) is 23.2 Å². The topological polar surface area (TPSA) is 86.7 Å². The van der Waals surface area contributed by atoms with Crippen LogP contribution < -0.4 is 0 Å². The molecule has 10 heteroatoms. The van der Waals surface area contributed by atoms with E-state index in [0.29, 0.717) is 37.0 Å². The first-order valence-electron chi connectivity index (χ1n) is 9.97. The van der Waals surface area contributed by atoms with Gasteiger partial charge in [0.25, 0.3) is 0 Å². The standard InChI is InChI=1S/C18H27F3NO5S/c19-18(20,21)28(25,26)22(24)5-3-1-2-4-6-27-16(23)17-10-13-7-14(11-17)9-15(8-13)12-17/h13-15H,1-12H2/q-1. The molecule has 4 rings (SSSR count). The van der Waals surface area contributed by atoms with Gasteiger partial charge in [-0.2, -0.15) is 13.2 Å². The van der Waals surface area contributed by atoms with Gasteiger partial charge in [0.05, 0.1) is 12.0 Å². The van der Waals surface area contributed by atoms with Crippen LogP contribution in [0.5, 0.6) is 0 Å². The Hall–Kier alpha value is -0.870. The molecular weight excluding hydrogens is 399 g/mol. The highest BCUT2D eigenvalue weighted by Crippen LogP contribution is 2.60. The Morgan fingerprint density at radius 3 is 2.00 bits per heavy atom. The Labute approximate surface area is 163 Å². The normalized spacial score (nSPS) is 32.1. The minimum absolute atomic E-state index is 0.0295. The number of ether oxygens (including phenoxy) is 1. The highest BCUT2D eigenvalue weighted by molar-refractivity contribution is 7.90. The van der Waals surface area contributed by atoms with Crippen molar-refractivity contribution in [3.8, 4) is 0 Å². The van der Waals surface area contributed by atoms with Crippen molar-refractivity contribution in [3.05, 3.63) is 5.21 Å². The lowest BCUT2D eigenvalue weighted by Gasteiger charge is -2.55. The third kappa shape index (κ3) is 4.48. The molecule has 0 aliphatic heterocycles. The van der Waals surface area contributed by atoms with Crippen LogP contribution in [0.4, 0.5) is 13.2 Å². The summed E-state index contributed by atoms with van der Waals surface area (Å²) in [5.41, 5.74) is -5.87. The number of halogens is 3. The number of esters is 1. The highest BCUT2D eigenvalue weighted by Gasteiger charge is 2.55.